The molecule has 1 aliphatic heterocycles. The van der Waals surface area contributed by atoms with E-state index < -0.39 is 0 Å². The quantitative estimate of drug-likeness (QED) is 0.653. The molecule has 1 aliphatic rings. The van der Waals surface area contributed by atoms with Crippen molar-refractivity contribution < 1.29 is 9.47 Å². The van der Waals surface area contributed by atoms with Gasteiger partial charge in [-0.05, 0) is 31.0 Å². The fourth-order valence-corrected chi connectivity index (χ4v) is 2.82. The Morgan fingerprint density at radius 2 is 1.78 bits per heavy atom. The Labute approximate surface area is 141 Å². The average Bonchev–Trinajstić information content (AvgIpc) is 2.59. The lowest BCUT2D eigenvalue weighted by Crippen LogP contribution is -2.45. The van der Waals surface area contributed by atoms with Crippen molar-refractivity contribution in [3.8, 4) is 5.75 Å². The number of hydrogen-bond acceptors (Lipinski definition) is 4. The number of benzene rings is 1. The van der Waals surface area contributed by atoms with Crippen LogP contribution in [-0.2, 0) is 4.74 Å². The number of para-hydroxylation sites is 1. The van der Waals surface area contributed by atoms with E-state index in [2.05, 4.69) is 48.9 Å². The lowest BCUT2D eigenvalue weighted by atomic mass is 9.98. The van der Waals surface area contributed by atoms with Gasteiger partial charge in [0.15, 0.2) is 0 Å². The minimum Gasteiger partial charge on any atom is -0.491 e. The molecule has 1 aromatic carbocycles. The molecule has 1 atom stereocenters. The predicted molar refractivity (Wildman–Crippen MR) is 95.4 cm³/mol. The Morgan fingerprint density at radius 1 is 1.04 bits per heavy atom. The van der Waals surface area contributed by atoms with Crippen LogP contribution in [0.3, 0.4) is 0 Å². The Kier molecular flexibility index (Phi) is 7.86. The van der Waals surface area contributed by atoms with Crippen LogP contribution in [0.4, 0.5) is 0 Å². The normalized spacial score (nSPS) is 18.0. The summed E-state index contributed by atoms with van der Waals surface area (Å²) in [6, 6.07) is 8.35. The van der Waals surface area contributed by atoms with Crippen molar-refractivity contribution in [2.75, 3.05) is 59.6 Å². The first-order valence-corrected chi connectivity index (χ1v) is 8.91. The molecule has 130 valence electrons. The second kappa shape index (κ2) is 9.91. The molecule has 0 unspecified atom stereocenters. The van der Waals surface area contributed by atoms with Crippen LogP contribution in [0, 0.1) is 0 Å². The molecule has 23 heavy (non-hydrogen) atoms. The second-order valence-corrected chi connectivity index (χ2v) is 6.45. The van der Waals surface area contributed by atoms with Crippen molar-refractivity contribution >= 4 is 0 Å². The van der Waals surface area contributed by atoms with Crippen LogP contribution >= 0.6 is 0 Å². The summed E-state index contributed by atoms with van der Waals surface area (Å²) in [7, 11) is 2.18. The Bertz CT molecular complexity index is 445. The van der Waals surface area contributed by atoms with Gasteiger partial charge in [-0.1, -0.05) is 32.0 Å². The summed E-state index contributed by atoms with van der Waals surface area (Å²) < 4.78 is 11.7. The third kappa shape index (κ3) is 6.13. The van der Waals surface area contributed by atoms with E-state index in [9.17, 15) is 0 Å². The molecule has 0 bridgehead atoms. The fraction of sp³-hybridized carbons (Fsp3) is 0.684. The zero-order valence-corrected chi connectivity index (χ0v) is 15.0. The molecule has 0 aromatic heterocycles. The standard InChI is InChI=1S/C19H32N2O2/c1-4-17(2)18-7-5-6-8-19(18)23-16-15-22-14-13-21-11-9-20(3)10-12-21/h5-8,17H,4,9-16H2,1-3H3/t17-/m1/s1. The molecular formula is C19H32N2O2. The summed E-state index contributed by atoms with van der Waals surface area (Å²) in [6.07, 6.45) is 1.13. The average molecular weight is 320 g/mol. The van der Waals surface area contributed by atoms with E-state index in [0.29, 0.717) is 19.1 Å². The zero-order valence-electron chi connectivity index (χ0n) is 15.0. The third-order valence-corrected chi connectivity index (χ3v) is 4.70. The molecule has 0 N–H and O–H groups in total. The minimum absolute atomic E-state index is 0.532. The van der Waals surface area contributed by atoms with Gasteiger partial charge in [0.25, 0.3) is 0 Å². The Hall–Kier alpha value is -1.10. The van der Waals surface area contributed by atoms with Crippen LogP contribution in [-0.4, -0.2) is 69.4 Å². The molecule has 4 nitrogen and oxygen atoms in total. The van der Waals surface area contributed by atoms with Gasteiger partial charge in [0.1, 0.15) is 12.4 Å². The van der Waals surface area contributed by atoms with Crippen LogP contribution in [0.1, 0.15) is 31.7 Å². The molecule has 1 fully saturated rings. The van der Waals surface area contributed by atoms with Gasteiger partial charge in [0, 0.05) is 32.7 Å². The van der Waals surface area contributed by atoms with Crippen LogP contribution in [0.2, 0.25) is 0 Å². The summed E-state index contributed by atoms with van der Waals surface area (Å²) in [5.41, 5.74) is 1.30. The highest BCUT2D eigenvalue weighted by Gasteiger charge is 2.13. The summed E-state index contributed by atoms with van der Waals surface area (Å²) in [6.45, 7) is 12.2. The molecule has 0 aliphatic carbocycles. The highest BCUT2D eigenvalue weighted by Crippen LogP contribution is 2.28. The Balaban J connectivity index is 1.61. The van der Waals surface area contributed by atoms with Crippen molar-refractivity contribution in [3.05, 3.63) is 29.8 Å². The fourth-order valence-electron chi connectivity index (χ4n) is 2.82. The summed E-state index contributed by atoms with van der Waals surface area (Å²) in [5.74, 6) is 1.54. The SMILES string of the molecule is CC[C@@H](C)c1ccccc1OCCOCCN1CCN(C)CC1. The summed E-state index contributed by atoms with van der Waals surface area (Å²) >= 11 is 0. The highest BCUT2D eigenvalue weighted by atomic mass is 16.5. The number of hydrogen-bond donors (Lipinski definition) is 0. The van der Waals surface area contributed by atoms with Gasteiger partial charge in [-0.2, -0.15) is 0 Å². The maximum atomic E-state index is 5.92. The number of piperazine rings is 1. The molecule has 1 heterocycles. The van der Waals surface area contributed by atoms with Gasteiger partial charge in [0.2, 0.25) is 0 Å². The van der Waals surface area contributed by atoms with Crippen molar-refractivity contribution in [1.82, 2.24) is 9.80 Å². The highest BCUT2D eigenvalue weighted by molar-refractivity contribution is 5.35. The van der Waals surface area contributed by atoms with Crippen LogP contribution in [0.5, 0.6) is 5.75 Å². The van der Waals surface area contributed by atoms with E-state index in [1.807, 2.05) is 6.07 Å². The molecule has 1 aromatic rings. The van der Waals surface area contributed by atoms with Crippen LogP contribution in [0.25, 0.3) is 0 Å². The van der Waals surface area contributed by atoms with E-state index in [1.165, 1.54) is 5.56 Å². The lowest BCUT2D eigenvalue weighted by molar-refractivity contribution is 0.0656. The van der Waals surface area contributed by atoms with Crippen LogP contribution < -0.4 is 4.74 Å². The summed E-state index contributed by atoms with van der Waals surface area (Å²) in [4.78, 5) is 4.85. The Morgan fingerprint density at radius 3 is 2.52 bits per heavy atom. The summed E-state index contributed by atoms with van der Waals surface area (Å²) in [5, 5.41) is 0. The first kappa shape index (κ1) is 18.2. The van der Waals surface area contributed by atoms with Crippen molar-refractivity contribution in [2.45, 2.75) is 26.2 Å². The number of ether oxygens (including phenoxy) is 2. The van der Waals surface area contributed by atoms with Gasteiger partial charge in [0.05, 0.1) is 13.2 Å². The van der Waals surface area contributed by atoms with Crippen molar-refractivity contribution in [1.29, 1.82) is 0 Å². The molecule has 1 saturated heterocycles. The molecule has 0 amide bonds. The zero-order chi connectivity index (χ0) is 16.5. The number of likely N-dealkylation sites (N-methyl/N-ethyl adjacent to an activating group) is 1. The topological polar surface area (TPSA) is 24.9 Å². The molecule has 4 heteroatoms. The van der Waals surface area contributed by atoms with E-state index in [4.69, 9.17) is 9.47 Å². The molecule has 0 spiro atoms. The van der Waals surface area contributed by atoms with Gasteiger partial charge in [-0.3, -0.25) is 4.90 Å². The number of nitrogens with zero attached hydrogens (tertiary/aromatic N) is 2. The van der Waals surface area contributed by atoms with Gasteiger partial charge < -0.3 is 14.4 Å². The van der Waals surface area contributed by atoms with Crippen molar-refractivity contribution in [3.63, 3.8) is 0 Å². The maximum absolute atomic E-state index is 5.92. The smallest absolute Gasteiger partial charge is 0.122 e. The number of rotatable bonds is 9. The lowest BCUT2D eigenvalue weighted by Gasteiger charge is -2.32. The van der Waals surface area contributed by atoms with E-state index in [-0.39, 0.29) is 0 Å². The van der Waals surface area contributed by atoms with E-state index >= 15 is 0 Å². The monoisotopic (exact) mass is 320 g/mol. The second-order valence-electron chi connectivity index (χ2n) is 6.45. The first-order valence-electron chi connectivity index (χ1n) is 8.91. The molecule has 0 saturated carbocycles. The largest absolute Gasteiger partial charge is 0.491 e. The molecule has 2 rings (SSSR count). The predicted octanol–water partition coefficient (Wildman–Crippen LogP) is 2.84. The maximum Gasteiger partial charge on any atom is 0.122 e. The van der Waals surface area contributed by atoms with Crippen molar-refractivity contribution in [2.24, 2.45) is 0 Å². The first-order chi connectivity index (χ1) is 11.2. The van der Waals surface area contributed by atoms with Gasteiger partial charge in [-0.15, -0.1) is 0 Å². The molecule has 0 radical (unpaired) electrons. The van der Waals surface area contributed by atoms with Gasteiger partial charge in [-0.25, -0.2) is 0 Å². The van der Waals surface area contributed by atoms with Crippen LogP contribution in [0.15, 0.2) is 24.3 Å². The minimum atomic E-state index is 0.532. The van der Waals surface area contributed by atoms with Gasteiger partial charge >= 0.3 is 0 Å². The van der Waals surface area contributed by atoms with E-state index in [0.717, 1.165) is 51.5 Å². The molecular weight excluding hydrogens is 288 g/mol. The van der Waals surface area contributed by atoms with E-state index in [1.54, 1.807) is 0 Å². The third-order valence-electron chi connectivity index (χ3n) is 4.70.